The van der Waals surface area contributed by atoms with E-state index in [0.29, 0.717) is 23.3 Å². The average Bonchev–Trinajstić information content (AvgIpc) is 2.68. The lowest BCUT2D eigenvalue weighted by molar-refractivity contribution is 0.102. The number of anilines is 3. The molecule has 3 rings (SSSR count). The standard InChI is InChI=1S/C19H14F3N3O2/c1-27-15-5-3-2-4-14(15)25-16-9-6-11(10-23-16)24-19(26)12-7-8-13(20)18(22)17(12)21/h2-10H,1H3,(H,23,25)(H,24,26). The summed E-state index contributed by atoms with van der Waals surface area (Å²) in [7, 11) is 1.55. The zero-order chi connectivity index (χ0) is 19.4. The van der Waals surface area contributed by atoms with Crippen LogP contribution in [0.15, 0.2) is 54.7 Å². The number of amides is 1. The Morgan fingerprint density at radius 3 is 2.48 bits per heavy atom. The van der Waals surface area contributed by atoms with E-state index >= 15 is 0 Å². The van der Waals surface area contributed by atoms with Crippen LogP contribution in [-0.4, -0.2) is 18.0 Å². The molecule has 1 aromatic heterocycles. The third-order valence-electron chi connectivity index (χ3n) is 3.67. The van der Waals surface area contributed by atoms with E-state index in [1.54, 1.807) is 19.2 Å². The zero-order valence-electron chi connectivity index (χ0n) is 14.1. The Balaban J connectivity index is 1.72. The highest BCUT2D eigenvalue weighted by molar-refractivity contribution is 6.04. The minimum absolute atomic E-state index is 0.259. The van der Waals surface area contributed by atoms with Crippen molar-refractivity contribution >= 4 is 23.1 Å². The van der Waals surface area contributed by atoms with Crippen LogP contribution in [0.4, 0.5) is 30.4 Å². The first-order valence-electron chi connectivity index (χ1n) is 7.80. The highest BCUT2D eigenvalue weighted by Gasteiger charge is 2.19. The number of ether oxygens (including phenoxy) is 1. The normalized spacial score (nSPS) is 10.4. The lowest BCUT2D eigenvalue weighted by atomic mass is 10.2. The molecular weight excluding hydrogens is 359 g/mol. The maximum Gasteiger partial charge on any atom is 0.258 e. The number of rotatable bonds is 5. The maximum atomic E-state index is 13.7. The molecule has 0 aliphatic carbocycles. The molecule has 2 aromatic carbocycles. The molecule has 138 valence electrons. The second kappa shape index (κ2) is 7.77. The van der Waals surface area contributed by atoms with E-state index in [1.807, 2.05) is 18.2 Å². The van der Waals surface area contributed by atoms with Crippen LogP contribution in [0, 0.1) is 17.5 Å². The topological polar surface area (TPSA) is 63.2 Å². The minimum Gasteiger partial charge on any atom is -0.495 e. The third kappa shape index (κ3) is 4.00. The summed E-state index contributed by atoms with van der Waals surface area (Å²) in [5.41, 5.74) is 0.355. The van der Waals surface area contributed by atoms with Gasteiger partial charge in [-0.25, -0.2) is 18.2 Å². The maximum absolute atomic E-state index is 13.7. The number of nitrogens with one attached hydrogen (secondary N) is 2. The summed E-state index contributed by atoms with van der Waals surface area (Å²) in [6.45, 7) is 0. The van der Waals surface area contributed by atoms with E-state index in [0.717, 1.165) is 6.07 Å². The number of para-hydroxylation sites is 2. The van der Waals surface area contributed by atoms with Gasteiger partial charge < -0.3 is 15.4 Å². The third-order valence-corrected chi connectivity index (χ3v) is 3.67. The molecule has 0 spiro atoms. The molecule has 0 unspecified atom stereocenters. The van der Waals surface area contributed by atoms with Crippen molar-refractivity contribution in [3.63, 3.8) is 0 Å². The van der Waals surface area contributed by atoms with Crippen molar-refractivity contribution in [2.24, 2.45) is 0 Å². The molecule has 2 N–H and O–H groups in total. The Morgan fingerprint density at radius 1 is 1.00 bits per heavy atom. The number of halogens is 3. The van der Waals surface area contributed by atoms with Gasteiger partial charge in [-0.15, -0.1) is 0 Å². The van der Waals surface area contributed by atoms with Crippen LogP contribution in [0.2, 0.25) is 0 Å². The number of hydrogen-bond donors (Lipinski definition) is 2. The molecule has 0 bridgehead atoms. The van der Waals surface area contributed by atoms with E-state index in [2.05, 4.69) is 15.6 Å². The molecule has 8 heteroatoms. The van der Waals surface area contributed by atoms with Gasteiger partial charge in [-0.3, -0.25) is 4.79 Å². The molecule has 0 aliphatic heterocycles. The number of hydrogen-bond acceptors (Lipinski definition) is 4. The second-order valence-corrected chi connectivity index (χ2v) is 5.43. The van der Waals surface area contributed by atoms with Gasteiger partial charge in [0.05, 0.1) is 30.2 Å². The highest BCUT2D eigenvalue weighted by Crippen LogP contribution is 2.26. The van der Waals surface area contributed by atoms with Crippen molar-refractivity contribution in [3.8, 4) is 5.75 Å². The number of carbonyl (C=O) groups is 1. The first kappa shape index (κ1) is 18.2. The van der Waals surface area contributed by atoms with Crippen LogP contribution >= 0.6 is 0 Å². The summed E-state index contributed by atoms with van der Waals surface area (Å²) in [5.74, 6) is -4.41. The summed E-state index contributed by atoms with van der Waals surface area (Å²) in [4.78, 5) is 16.2. The van der Waals surface area contributed by atoms with Crippen molar-refractivity contribution < 1.29 is 22.7 Å². The molecule has 3 aromatic rings. The molecule has 1 amide bonds. The Kier molecular flexibility index (Phi) is 5.25. The van der Waals surface area contributed by atoms with Gasteiger partial charge in [0, 0.05) is 0 Å². The molecule has 27 heavy (non-hydrogen) atoms. The van der Waals surface area contributed by atoms with Gasteiger partial charge in [0.2, 0.25) is 0 Å². The number of benzene rings is 2. The van der Waals surface area contributed by atoms with Gasteiger partial charge in [-0.05, 0) is 36.4 Å². The Bertz CT molecular complexity index is 978. The Hall–Kier alpha value is -3.55. The van der Waals surface area contributed by atoms with E-state index < -0.39 is 28.9 Å². The monoisotopic (exact) mass is 373 g/mol. The number of methoxy groups -OCH3 is 1. The molecule has 1 heterocycles. The van der Waals surface area contributed by atoms with Crippen LogP contribution < -0.4 is 15.4 Å². The minimum atomic E-state index is -1.70. The quantitative estimate of drug-likeness (QED) is 0.647. The Labute approximate surface area is 152 Å². The SMILES string of the molecule is COc1ccccc1Nc1ccc(NC(=O)c2ccc(F)c(F)c2F)cn1. The molecule has 0 fully saturated rings. The average molecular weight is 373 g/mol. The summed E-state index contributed by atoms with van der Waals surface area (Å²) in [6.07, 6.45) is 1.34. The van der Waals surface area contributed by atoms with Crippen LogP contribution in [0.5, 0.6) is 5.75 Å². The Morgan fingerprint density at radius 2 is 1.78 bits per heavy atom. The molecule has 0 aliphatic rings. The van der Waals surface area contributed by atoms with Gasteiger partial charge in [-0.2, -0.15) is 0 Å². The first-order chi connectivity index (χ1) is 13.0. The van der Waals surface area contributed by atoms with Crippen molar-refractivity contribution in [1.82, 2.24) is 4.98 Å². The molecular formula is C19H14F3N3O2. The van der Waals surface area contributed by atoms with Gasteiger partial charge in [-0.1, -0.05) is 12.1 Å². The van der Waals surface area contributed by atoms with E-state index in [4.69, 9.17) is 4.74 Å². The van der Waals surface area contributed by atoms with E-state index in [9.17, 15) is 18.0 Å². The fourth-order valence-corrected chi connectivity index (χ4v) is 2.33. The fraction of sp³-hybridized carbons (Fsp3) is 0.0526. The summed E-state index contributed by atoms with van der Waals surface area (Å²) < 4.78 is 45.1. The van der Waals surface area contributed by atoms with Gasteiger partial charge in [0.1, 0.15) is 11.6 Å². The van der Waals surface area contributed by atoms with Crippen molar-refractivity contribution in [1.29, 1.82) is 0 Å². The predicted octanol–water partition coefficient (Wildman–Crippen LogP) is 4.50. The van der Waals surface area contributed by atoms with Crippen molar-refractivity contribution in [2.75, 3.05) is 17.7 Å². The lowest BCUT2D eigenvalue weighted by Gasteiger charge is -2.11. The smallest absolute Gasteiger partial charge is 0.258 e. The van der Waals surface area contributed by atoms with E-state index in [-0.39, 0.29) is 5.69 Å². The summed E-state index contributed by atoms with van der Waals surface area (Å²) in [6, 6.07) is 11.9. The second-order valence-electron chi connectivity index (χ2n) is 5.43. The number of carbonyl (C=O) groups excluding carboxylic acids is 1. The highest BCUT2D eigenvalue weighted by atomic mass is 19.2. The molecule has 5 nitrogen and oxygen atoms in total. The van der Waals surface area contributed by atoms with Gasteiger partial charge in [0.25, 0.3) is 5.91 Å². The van der Waals surface area contributed by atoms with Gasteiger partial charge >= 0.3 is 0 Å². The zero-order valence-corrected chi connectivity index (χ0v) is 14.1. The van der Waals surface area contributed by atoms with Crippen molar-refractivity contribution in [2.45, 2.75) is 0 Å². The molecule has 0 radical (unpaired) electrons. The van der Waals surface area contributed by atoms with Crippen LogP contribution in [0.3, 0.4) is 0 Å². The van der Waals surface area contributed by atoms with Crippen LogP contribution in [0.25, 0.3) is 0 Å². The van der Waals surface area contributed by atoms with Gasteiger partial charge in [0.15, 0.2) is 17.5 Å². The lowest BCUT2D eigenvalue weighted by Crippen LogP contribution is -2.15. The molecule has 0 atom stereocenters. The van der Waals surface area contributed by atoms with Crippen LogP contribution in [0.1, 0.15) is 10.4 Å². The molecule has 0 saturated heterocycles. The number of pyridine rings is 1. The van der Waals surface area contributed by atoms with Crippen LogP contribution in [-0.2, 0) is 0 Å². The largest absolute Gasteiger partial charge is 0.495 e. The van der Waals surface area contributed by atoms with E-state index in [1.165, 1.54) is 12.3 Å². The number of aromatic nitrogens is 1. The first-order valence-corrected chi connectivity index (χ1v) is 7.80. The summed E-state index contributed by atoms with van der Waals surface area (Å²) in [5, 5.41) is 5.43. The predicted molar refractivity (Wildman–Crippen MR) is 94.8 cm³/mol. The molecule has 0 saturated carbocycles. The fourth-order valence-electron chi connectivity index (χ4n) is 2.33. The number of nitrogens with zero attached hydrogens (tertiary/aromatic N) is 1. The van der Waals surface area contributed by atoms with Crippen molar-refractivity contribution in [3.05, 3.63) is 77.7 Å². The summed E-state index contributed by atoms with van der Waals surface area (Å²) >= 11 is 0.